The molecular formula is C9H9Br2ClS. The molecule has 1 fully saturated rings. The molecule has 1 aromatic heterocycles. The van der Waals surface area contributed by atoms with Crippen LogP contribution in [0.1, 0.15) is 23.6 Å². The summed E-state index contributed by atoms with van der Waals surface area (Å²) in [7, 11) is 0. The summed E-state index contributed by atoms with van der Waals surface area (Å²) in [6.07, 6.45) is 1.28. The lowest BCUT2D eigenvalue weighted by atomic mass is 10.2. The van der Waals surface area contributed by atoms with Gasteiger partial charge < -0.3 is 0 Å². The van der Waals surface area contributed by atoms with E-state index in [-0.39, 0.29) is 5.38 Å². The van der Waals surface area contributed by atoms with E-state index in [1.165, 1.54) is 11.3 Å². The quantitative estimate of drug-likeness (QED) is 0.646. The maximum atomic E-state index is 6.35. The zero-order valence-electron chi connectivity index (χ0n) is 7.06. The van der Waals surface area contributed by atoms with Gasteiger partial charge in [-0.05, 0) is 56.2 Å². The van der Waals surface area contributed by atoms with Crippen LogP contribution in [0.5, 0.6) is 0 Å². The maximum absolute atomic E-state index is 6.35. The summed E-state index contributed by atoms with van der Waals surface area (Å²) in [6.45, 7) is 2.26. The van der Waals surface area contributed by atoms with Crippen molar-refractivity contribution in [2.24, 2.45) is 11.8 Å². The van der Waals surface area contributed by atoms with Crippen molar-refractivity contribution in [1.82, 2.24) is 0 Å². The fourth-order valence-corrected chi connectivity index (χ4v) is 4.16. The number of hydrogen-bond acceptors (Lipinski definition) is 1. The summed E-state index contributed by atoms with van der Waals surface area (Å²) < 4.78 is 2.26. The minimum absolute atomic E-state index is 0.211. The SMILES string of the molecule is CC1CC1C(Cl)c1cc(Br)c(Br)s1. The van der Waals surface area contributed by atoms with Crippen LogP contribution in [0.3, 0.4) is 0 Å². The lowest BCUT2D eigenvalue weighted by Gasteiger charge is -2.03. The van der Waals surface area contributed by atoms with Crippen LogP contribution >= 0.6 is 54.8 Å². The maximum Gasteiger partial charge on any atom is 0.0843 e. The Labute approximate surface area is 104 Å². The van der Waals surface area contributed by atoms with Crippen molar-refractivity contribution in [2.45, 2.75) is 18.7 Å². The van der Waals surface area contributed by atoms with Gasteiger partial charge in [0, 0.05) is 9.35 Å². The zero-order valence-corrected chi connectivity index (χ0v) is 11.8. The van der Waals surface area contributed by atoms with Gasteiger partial charge in [-0.15, -0.1) is 22.9 Å². The fourth-order valence-electron chi connectivity index (χ4n) is 1.47. The van der Waals surface area contributed by atoms with E-state index in [9.17, 15) is 0 Å². The largest absolute Gasteiger partial charge is 0.130 e. The minimum atomic E-state index is 0.211. The third-order valence-electron chi connectivity index (χ3n) is 2.48. The predicted octanol–water partition coefficient (Wildman–Crippen LogP) is 5.21. The summed E-state index contributed by atoms with van der Waals surface area (Å²) >= 11 is 15.0. The van der Waals surface area contributed by atoms with Crippen molar-refractivity contribution >= 4 is 54.8 Å². The normalized spacial score (nSPS) is 28.9. The van der Waals surface area contributed by atoms with E-state index in [1.807, 2.05) is 0 Å². The molecule has 0 aliphatic heterocycles. The van der Waals surface area contributed by atoms with E-state index in [4.69, 9.17) is 11.6 Å². The van der Waals surface area contributed by atoms with E-state index in [0.29, 0.717) is 5.92 Å². The summed E-state index contributed by atoms with van der Waals surface area (Å²) in [5.74, 6) is 1.50. The highest BCUT2D eigenvalue weighted by atomic mass is 79.9. The second-order valence-electron chi connectivity index (χ2n) is 3.55. The summed E-state index contributed by atoms with van der Waals surface area (Å²) in [5, 5.41) is 0.211. The second kappa shape index (κ2) is 3.84. The molecule has 2 rings (SSSR count). The van der Waals surface area contributed by atoms with Gasteiger partial charge in [0.15, 0.2) is 0 Å². The van der Waals surface area contributed by atoms with Gasteiger partial charge in [-0.25, -0.2) is 0 Å². The van der Waals surface area contributed by atoms with Gasteiger partial charge in [-0.3, -0.25) is 0 Å². The average molecular weight is 344 g/mol. The lowest BCUT2D eigenvalue weighted by molar-refractivity contribution is 0.731. The second-order valence-corrected chi connectivity index (χ2v) is 7.28. The zero-order chi connectivity index (χ0) is 9.59. The van der Waals surface area contributed by atoms with Crippen molar-refractivity contribution in [1.29, 1.82) is 0 Å². The molecule has 0 bridgehead atoms. The Balaban J connectivity index is 2.16. The Bertz CT molecular complexity index is 304. The fraction of sp³-hybridized carbons (Fsp3) is 0.556. The number of rotatable bonds is 2. The number of hydrogen-bond donors (Lipinski definition) is 0. The Morgan fingerprint density at radius 3 is 2.62 bits per heavy atom. The molecule has 0 amide bonds. The molecule has 4 heteroatoms. The smallest absolute Gasteiger partial charge is 0.0843 e. The van der Waals surface area contributed by atoms with Crippen molar-refractivity contribution in [3.05, 3.63) is 19.2 Å². The molecule has 1 aliphatic carbocycles. The van der Waals surface area contributed by atoms with Gasteiger partial charge in [0.25, 0.3) is 0 Å². The average Bonchev–Trinajstić information content (AvgIpc) is 2.70. The van der Waals surface area contributed by atoms with Crippen molar-refractivity contribution < 1.29 is 0 Å². The van der Waals surface area contributed by atoms with E-state index >= 15 is 0 Å². The topological polar surface area (TPSA) is 0 Å². The number of thiophene rings is 1. The lowest BCUT2D eigenvalue weighted by Crippen LogP contribution is -1.89. The van der Waals surface area contributed by atoms with Gasteiger partial charge in [-0.1, -0.05) is 6.92 Å². The van der Waals surface area contributed by atoms with Gasteiger partial charge in [0.1, 0.15) is 0 Å². The highest BCUT2D eigenvalue weighted by molar-refractivity contribution is 9.13. The third kappa shape index (κ3) is 2.14. The summed E-state index contributed by atoms with van der Waals surface area (Å²) in [4.78, 5) is 1.27. The Hall–Kier alpha value is 0.950. The molecule has 72 valence electrons. The molecule has 0 saturated heterocycles. The molecule has 13 heavy (non-hydrogen) atoms. The molecule has 3 atom stereocenters. The molecule has 0 nitrogen and oxygen atoms in total. The minimum Gasteiger partial charge on any atom is -0.130 e. The Morgan fingerprint density at radius 2 is 2.23 bits per heavy atom. The van der Waals surface area contributed by atoms with E-state index < -0.39 is 0 Å². The first kappa shape index (κ1) is 10.5. The van der Waals surface area contributed by atoms with E-state index in [1.54, 1.807) is 11.3 Å². The molecule has 0 spiro atoms. The Morgan fingerprint density at radius 1 is 1.62 bits per heavy atom. The van der Waals surface area contributed by atoms with Crippen LogP contribution in [0.15, 0.2) is 14.3 Å². The molecule has 0 N–H and O–H groups in total. The van der Waals surface area contributed by atoms with Gasteiger partial charge in [0.2, 0.25) is 0 Å². The van der Waals surface area contributed by atoms with Crippen LogP contribution in [0.2, 0.25) is 0 Å². The molecule has 1 aromatic rings. The van der Waals surface area contributed by atoms with Gasteiger partial charge in [-0.2, -0.15) is 0 Å². The van der Waals surface area contributed by atoms with Crippen molar-refractivity contribution in [2.75, 3.05) is 0 Å². The van der Waals surface area contributed by atoms with Gasteiger partial charge in [0.05, 0.1) is 9.16 Å². The van der Waals surface area contributed by atoms with Crippen molar-refractivity contribution in [3.8, 4) is 0 Å². The van der Waals surface area contributed by atoms with E-state index in [0.717, 1.165) is 14.2 Å². The summed E-state index contributed by atoms with van der Waals surface area (Å²) in [5.41, 5.74) is 0. The highest BCUT2D eigenvalue weighted by Gasteiger charge is 2.39. The third-order valence-corrected chi connectivity index (χ3v) is 6.51. The molecule has 0 radical (unpaired) electrons. The first-order valence-corrected chi connectivity index (χ1v) is 7.02. The van der Waals surface area contributed by atoms with Crippen LogP contribution in [0.4, 0.5) is 0 Å². The molecule has 1 saturated carbocycles. The monoisotopic (exact) mass is 342 g/mol. The summed E-state index contributed by atoms with van der Waals surface area (Å²) in [6, 6.07) is 2.12. The molecule has 0 aromatic carbocycles. The first-order chi connectivity index (χ1) is 6.09. The highest BCUT2D eigenvalue weighted by Crippen LogP contribution is 2.52. The van der Waals surface area contributed by atoms with Gasteiger partial charge >= 0.3 is 0 Å². The molecule has 1 aliphatic rings. The van der Waals surface area contributed by atoms with Crippen LogP contribution in [0, 0.1) is 11.8 Å². The van der Waals surface area contributed by atoms with Crippen LogP contribution < -0.4 is 0 Å². The standard InChI is InChI=1S/C9H9Br2ClS/c1-4-2-5(4)8(12)7-3-6(10)9(11)13-7/h3-5,8H,2H2,1H3. The predicted molar refractivity (Wildman–Crippen MR) is 65.6 cm³/mol. The molecule has 3 unspecified atom stereocenters. The van der Waals surface area contributed by atoms with Crippen LogP contribution in [-0.4, -0.2) is 0 Å². The van der Waals surface area contributed by atoms with Crippen LogP contribution in [0.25, 0.3) is 0 Å². The molecule has 1 heterocycles. The van der Waals surface area contributed by atoms with Crippen LogP contribution in [-0.2, 0) is 0 Å². The Kier molecular flexibility index (Phi) is 3.09. The number of halogens is 3. The first-order valence-electron chi connectivity index (χ1n) is 4.18. The number of alkyl halides is 1. The van der Waals surface area contributed by atoms with E-state index in [2.05, 4.69) is 44.8 Å². The van der Waals surface area contributed by atoms with Crippen molar-refractivity contribution in [3.63, 3.8) is 0 Å². The molecular weight excluding hydrogens is 335 g/mol.